The molecule has 2 rings (SSSR count). The normalized spacial score (nSPS) is 10.3. The van der Waals surface area contributed by atoms with Crippen LogP contribution in [-0.4, -0.2) is 11.1 Å². The second kappa shape index (κ2) is 5.10. The number of hydrogen-bond acceptors (Lipinski definition) is 4. The molecule has 4 nitrogen and oxygen atoms in total. The van der Waals surface area contributed by atoms with Crippen LogP contribution in [0.15, 0.2) is 29.6 Å². The maximum absolute atomic E-state index is 11.1. The van der Waals surface area contributed by atoms with Gasteiger partial charge in [-0.15, -0.1) is 11.3 Å². The predicted molar refractivity (Wildman–Crippen MR) is 74.2 cm³/mol. The van der Waals surface area contributed by atoms with E-state index < -0.39 is 5.97 Å². The highest BCUT2D eigenvalue weighted by Crippen LogP contribution is 2.23. The smallest absolute Gasteiger partial charge is 0.337 e. The van der Waals surface area contributed by atoms with Gasteiger partial charge in [-0.3, -0.25) is 0 Å². The summed E-state index contributed by atoms with van der Waals surface area (Å²) in [6, 6.07) is 7.44. The molecule has 2 aromatic rings. The van der Waals surface area contributed by atoms with Crippen LogP contribution in [-0.2, 0) is 6.54 Å². The number of anilines is 2. The summed E-state index contributed by atoms with van der Waals surface area (Å²) in [7, 11) is 0. The molecule has 0 spiro atoms. The number of aromatic carboxylic acids is 1. The summed E-state index contributed by atoms with van der Waals surface area (Å²) in [4.78, 5) is 12.2. The predicted octanol–water partition coefficient (Wildman–Crippen LogP) is 2.95. The summed E-state index contributed by atoms with van der Waals surface area (Å²) in [6.45, 7) is 2.48. The minimum absolute atomic E-state index is 0.142. The van der Waals surface area contributed by atoms with Gasteiger partial charge in [-0.25, -0.2) is 4.79 Å². The minimum atomic E-state index is -1.00. The number of rotatable bonds is 4. The number of thiophene rings is 1. The summed E-state index contributed by atoms with van der Waals surface area (Å²) in [5.74, 6) is -1.00. The molecule has 0 saturated carbocycles. The number of carbonyl (C=O) groups is 1. The monoisotopic (exact) mass is 262 g/mol. The van der Waals surface area contributed by atoms with Crippen molar-refractivity contribution in [1.29, 1.82) is 0 Å². The Bertz CT molecular complexity index is 565. The molecule has 0 amide bonds. The molecule has 0 radical (unpaired) electrons. The third-order valence-corrected chi connectivity index (χ3v) is 3.54. The molecule has 0 aliphatic carbocycles. The van der Waals surface area contributed by atoms with Crippen LogP contribution < -0.4 is 11.1 Å². The maximum Gasteiger partial charge on any atom is 0.337 e. The quantitative estimate of drug-likeness (QED) is 0.740. The Morgan fingerprint density at radius 1 is 1.50 bits per heavy atom. The fraction of sp³-hybridized carbons (Fsp3) is 0.154. The number of carboxylic acids is 1. The molecule has 1 aromatic carbocycles. The average Bonchev–Trinajstić information content (AvgIpc) is 2.83. The summed E-state index contributed by atoms with van der Waals surface area (Å²) in [6.07, 6.45) is 0. The van der Waals surface area contributed by atoms with Crippen molar-refractivity contribution in [1.82, 2.24) is 0 Å². The Morgan fingerprint density at radius 2 is 2.28 bits per heavy atom. The van der Waals surface area contributed by atoms with E-state index in [1.807, 2.05) is 23.6 Å². The van der Waals surface area contributed by atoms with Crippen LogP contribution >= 0.6 is 11.3 Å². The highest BCUT2D eigenvalue weighted by molar-refractivity contribution is 7.09. The van der Waals surface area contributed by atoms with Crippen molar-refractivity contribution in [2.75, 3.05) is 11.1 Å². The molecule has 0 saturated heterocycles. The third-order valence-electron chi connectivity index (χ3n) is 2.66. The zero-order valence-electron chi connectivity index (χ0n) is 9.93. The van der Waals surface area contributed by atoms with Gasteiger partial charge in [0.15, 0.2) is 0 Å². The SMILES string of the molecule is Cc1cc(NCc2cccs2)cc(C(=O)O)c1N. The molecule has 5 heteroatoms. The van der Waals surface area contributed by atoms with Gasteiger partial charge >= 0.3 is 5.97 Å². The zero-order chi connectivity index (χ0) is 13.1. The zero-order valence-corrected chi connectivity index (χ0v) is 10.8. The Hall–Kier alpha value is -2.01. The van der Waals surface area contributed by atoms with Gasteiger partial charge in [0.25, 0.3) is 0 Å². The second-order valence-corrected chi connectivity index (χ2v) is 5.02. The number of aryl methyl sites for hydroxylation is 1. The molecule has 0 aliphatic rings. The van der Waals surface area contributed by atoms with Gasteiger partial charge in [-0.1, -0.05) is 6.07 Å². The van der Waals surface area contributed by atoms with Crippen LogP contribution in [0.3, 0.4) is 0 Å². The first-order chi connectivity index (χ1) is 8.58. The second-order valence-electron chi connectivity index (χ2n) is 3.99. The molecule has 18 heavy (non-hydrogen) atoms. The van der Waals surface area contributed by atoms with E-state index in [4.69, 9.17) is 10.8 Å². The van der Waals surface area contributed by atoms with Crippen molar-refractivity contribution in [2.24, 2.45) is 0 Å². The molecule has 0 bridgehead atoms. The fourth-order valence-corrected chi connectivity index (χ4v) is 2.32. The van der Waals surface area contributed by atoms with Crippen LogP contribution in [0.1, 0.15) is 20.8 Å². The Balaban J connectivity index is 2.21. The average molecular weight is 262 g/mol. The highest BCUT2D eigenvalue weighted by Gasteiger charge is 2.11. The summed E-state index contributed by atoms with van der Waals surface area (Å²) < 4.78 is 0. The number of nitrogen functional groups attached to an aromatic ring is 1. The van der Waals surface area contributed by atoms with Crippen LogP contribution in [0.2, 0.25) is 0 Å². The van der Waals surface area contributed by atoms with Crippen LogP contribution in [0.4, 0.5) is 11.4 Å². The van der Waals surface area contributed by atoms with Crippen molar-refractivity contribution in [3.05, 3.63) is 45.6 Å². The minimum Gasteiger partial charge on any atom is -0.478 e. The lowest BCUT2D eigenvalue weighted by molar-refractivity contribution is 0.0698. The first-order valence-electron chi connectivity index (χ1n) is 5.47. The van der Waals surface area contributed by atoms with Crippen LogP contribution in [0.25, 0.3) is 0 Å². The van der Waals surface area contributed by atoms with Crippen molar-refractivity contribution < 1.29 is 9.90 Å². The summed E-state index contributed by atoms with van der Waals surface area (Å²) in [5, 5.41) is 14.3. The molecule has 0 atom stereocenters. The molecule has 1 heterocycles. The molecule has 4 N–H and O–H groups in total. The van der Waals surface area contributed by atoms with Crippen molar-refractivity contribution >= 4 is 28.7 Å². The van der Waals surface area contributed by atoms with Crippen molar-refractivity contribution in [3.8, 4) is 0 Å². The largest absolute Gasteiger partial charge is 0.478 e. The van der Waals surface area contributed by atoms with Gasteiger partial charge in [0.05, 0.1) is 5.56 Å². The van der Waals surface area contributed by atoms with Gasteiger partial charge in [-0.05, 0) is 36.1 Å². The van der Waals surface area contributed by atoms with E-state index in [2.05, 4.69) is 5.32 Å². The first kappa shape index (κ1) is 12.4. The molecular weight excluding hydrogens is 248 g/mol. The summed E-state index contributed by atoms with van der Waals surface area (Å²) >= 11 is 1.66. The third kappa shape index (κ3) is 2.62. The van der Waals surface area contributed by atoms with E-state index in [-0.39, 0.29) is 5.56 Å². The van der Waals surface area contributed by atoms with Crippen molar-refractivity contribution in [3.63, 3.8) is 0 Å². The first-order valence-corrected chi connectivity index (χ1v) is 6.35. The Labute approximate surface area is 109 Å². The number of carboxylic acid groups (broad SMARTS) is 1. The van der Waals surface area contributed by atoms with E-state index in [9.17, 15) is 4.79 Å². The molecule has 0 aliphatic heterocycles. The van der Waals surface area contributed by atoms with Crippen LogP contribution in [0.5, 0.6) is 0 Å². The van der Waals surface area contributed by atoms with Gasteiger partial charge in [0, 0.05) is 22.8 Å². The van der Waals surface area contributed by atoms with Gasteiger partial charge in [-0.2, -0.15) is 0 Å². The molecule has 94 valence electrons. The highest BCUT2D eigenvalue weighted by atomic mass is 32.1. The lowest BCUT2D eigenvalue weighted by Crippen LogP contribution is -2.06. The number of nitrogens with one attached hydrogen (secondary N) is 1. The fourth-order valence-electron chi connectivity index (χ4n) is 1.68. The number of benzene rings is 1. The molecular formula is C13H14N2O2S. The standard InChI is InChI=1S/C13H14N2O2S/c1-8-5-9(6-11(12(8)14)13(16)17)15-7-10-3-2-4-18-10/h2-6,15H,7,14H2,1H3,(H,16,17). The molecule has 0 unspecified atom stereocenters. The maximum atomic E-state index is 11.1. The Morgan fingerprint density at radius 3 is 2.89 bits per heavy atom. The lowest BCUT2D eigenvalue weighted by atomic mass is 10.1. The molecule has 1 aromatic heterocycles. The van der Waals surface area contributed by atoms with E-state index in [1.165, 1.54) is 4.88 Å². The molecule has 0 fully saturated rings. The van der Waals surface area contributed by atoms with E-state index in [1.54, 1.807) is 24.3 Å². The van der Waals surface area contributed by atoms with E-state index in [0.29, 0.717) is 12.2 Å². The summed E-state index contributed by atoms with van der Waals surface area (Å²) in [5.41, 5.74) is 7.74. The van der Waals surface area contributed by atoms with E-state index in [0.717, 1.165) is 11.3 Å². The van der Waals surface area contributed by atoms with Crippen molar-refractivity contribution in [2.45, 2.75) is 13.5 Å². The number of hydrogen-bond donors (Lipinski definition) is 3. The van der Waals surface area contributed by atoms with Crippen LogP contribution in [0, 0.1) is 6.92 Å². The lowest BCUT2D eigenvalue weighted by Gasteiger charge is -2.10. The topological polar surface area (TPSA) is 75.3 Å². The van der Waals surface area contributed by atoms with Gasteiger partial charge in [0.2, 0.25) is 0 Å². The van der Waals surface area contributed by atoms with Gasteiger partial charge < -0.3 is 16.2 Å². The van der Waals surface area contributed by atoms with E-state index >= 15 is 0 Å². The number of nitrogens with two attached hydrogens (primary N) is 1. The Kier molecular flexibility index (Phi) is 3.53. The van der Waals surface area contributed by atoms with Gasteiger partial charge in [0.1, 0.15) is 0 Å².